The van der Waals surface area contributed by atoms with E-state index in [0.29, 0.717) is 6.04 Å². The van der Waals surface area contributed by atoms with Crippen LogP contribution >= 0.6 is 0 Å². The molecule has 0 bridgehead atoms. The van der Waals surface area contributed by atoms with Gasteiger partial charge in [-0.15, -0.1) is 0 Å². The Labute approximate surface area is 75.9 Å². The molecule has 0 spiro atoms. The highest BCUT2D eigenvalue weighted by Crippen LogP contribution is 2.06. The van der Waals surface area contributed by atoms with E-state index in [0.717, 1.165) is 13.0 Å². The Morgan fingerprint density at radius 2 is 1.75 bits per heavy atom. The second-order valence-electron chi connectivity index (χ2n) is 3.78. The van der Waals surface area contributed by atoms with Crippen LogP contribution in [-0.4, -0.2) is 23.4 Å². The van der Waals surface area contributed by atoms with Crippen molar-refractivity contribution >= 4 is 5.91 Å². The summed E-state index contributed by atoms with van der Waals surface area (Å²) in [5.74, 6) is 0.394. The lowest BCUT2D eigenvalue weighted by Gasteiger charge is -2.27. The summed E-state index contributed by atoms with van der Waals surface area (Å²) in [5, 5.41) is 0. The Balaban J connectivity index is 4.19. The van der Waals surface area contributed by atoms with Gasteiger partial charge < -0.3 is 4.90 Å². The highest BCUT2D eigenvalue weighted by Gasteiger charge is 2.18. The molecule has 2 heteroatoms. The van der Waals surface area contributed by atoms with Crippen LogP contribution in [0.3, 0.4) is 0 Å². The van der Waals surface area contributed by atoms with Crippen molar-refractivity contribution in [1.82, 2.24) is 4.90 Å². The lowest BCUT2D eigenvalue weighted by atomic mass is 10.1. The van der Waals surface area contributed by atoms with Crippen LogP contribution in [0.1, 0.15) is 41.0 Å². The quantitative estimate of drug-likeness (QED) is 0.635. The SMILES string of the molecule is CCCN(C(=O)C(C)C)C(C)C. The van der Waals surface area contributed by atoms with E-state index in [9.17, 15) is 4.79 Å². The Bertz CT molecular complexity index is 141. The molecule has 72 valence electrons. The van der Waals surface area contributed by atoms with Gasteiger partial charge in [-0.1, -0.05) is 20.8 Å². The topological polar surface area (TPSA) is 20.3 Å². The highest BCUT2D eigenvalue weighted by molar-refractivity contribution is 5.78. The Kier molecular flexibility index (Phi) is 4.95. The number of amides is 1. The molecule has 0 aliphatic rings. The minimum Gasteiger partial charge on any atom is -0.340 e. The third-order valence-electron chi connectivity index (χ3n) is 1.86. The van der Waals surface area contributed by atoms with Crippen molar-refractivity contribution in [2.45, 2.75) is 47.1 Å². The largest absolute Gasteiger partial charge is 0.340 e. The molecule has 0 unspecified atom stereocenters. The maximum absolute atomic E-state index is 11.6. The molecule has 1 amide bonds. The van der Waals surface area contributed by atoms with Crippen molar-refractivity contribution < 1.29 is 4.79 Å². The minimum absolute atomic E-state index is 0.124. The summed E-state index contributed by atoms with van der Waals surface area (Å²) in [7, 11) is 0. The molecule has 0 aromatic carbocycles. The zero-order chi connectivity index (χ0) is 9.72. The van der Waals surface area contributed by atoms with Crippen LogP contribution in [0, 0.1) is 5.92 Å². The first kappa shape index (κ1) is 11.5. The summed E-state index contributed by atoms with van der Waals surface area (Å²) in [6, 6.07) is 0.333. The van der Waals surface area contributed by atoms with Gasteiger partial charge in [0.1, 0.15) is 0 Å². The fourth-order valence-corrected chi connectivity index (χ4v) is 1.20. The number of carbonyl (C=O) groups is 1. The predicted octanol–water partition coefficient (Wildman–Crippen LogP) is 2.29. The van der Waals surface area contributed by atoms with E-state index in [1.807, 2.05) is 18.7 Å². The lowest BCUT2D eigenvalue weighted by molar-refractivity contribution is -0.136. The van der Waals surface area contributed by atoms with Gasteiger partial charge in [0.25, 0.3) is 0 Å². The lowest BCUT2D eigenvalue weighted by Crippen LogP contribution is -2.39. The second-order valence-corrected chi connectivity index (χ2v) is 3.78. The third-order valence-corrected chi connectivity index (χ3v) is 1.86. The Morgan fingerprint density at radius 3 is 2.00 bits per heavy atom. The van der Waals surface area contributed by atoms with E-state index in [1.54, 1.807) is 0 Å². The van der Waals surface area contributed by atoms with Crippen molar-refractivity contribution in [1.29, 1.82) is 0 Å². The molecule has 0 saturated heterocycles. The molecule has 12 heavy (non-hydrogen) atoms. The molecule has 0 saturated carbocycles. The molecular formula is C10H21NO. The van der Waals surface area contributed by atoms with Crippen molar-refractivity contribution in [3.63, 3.8) is 0 Å². The molecule has 0 aromatic rings. The van der Waals surface area contributed by atoms with Crippen LogP contribution in [0.2, 0.25) is 0 Å². The van der Waals surface area contributed by atoms with Gasteiger partial charge in [0.05, 0.1) is 0 Å². The van der Waals surface area contributed by atoms with Gasteiger partial charge in [-0.3, -0.25) is 4.79 Å². The normalized spacial score (nSPS) is 10.9. The zero-order valence-electron chi connectivity index (χ0n) is 8.92. The first-order valence-electron chi connectivity index (χ1n) is 4.81. The molecule has 0 aliphatic carbocycles. The molecule has 0 radical (unpaired) electrons. The maximum atomic E-state index is 11.6. The van der Waals surface area contributed by atoms with Crippen LogP contribution in [0.15, 0.2) is 0 Å². The molecule has 0 aromatic heterocycles. The van der Waals surface area contributed by atoms with E-state index >= 15 is 0 Å². The van der Waals surface area contributed by atoms with Crippen molar-refractivity contribution in [2.24, 2.45) is 5.92 Å². The Morgan fingerprint density at radius 1 is 1.25 bits per heavy atom. The van der Waals surface area contributed by atoms with E-state index in [4.69, 9.17) is 0 Å². The summed E-state index contributed by atoms with van der Waals surface area (Å²) in [6.07, 6.45) is 1.04. The third kappa shape index (κ3) is 3.24. The van der Waals surface area contributed by atoms with Gasteiger partial charge >= 0.3 is 0 Å². The van der Waals surface area contributed by atoms with Crippen molar-refractivity contribution in [3.05, 3.63) is 0 Å². The van der Waals surface area contributed by atoms with Gasteiger partial charge in [0.15, 0.2) is 0 Å². The van der Waals surface area contributed by atoms with Crippen LogP contribution in [0.25, 0.3) is 0 Å². The minimum atomic E-state index is 0.124. The molecule has 0 N–H and O–H groups in total. The van der Waals surface area contributed by atoms with Crippen LogP contribution in [0.4, 0.5) is 0 Å². The summed E-state index contributed by atoms with van der Waals surface area (Å²) < 4.78 is 0. The fraction of sp³-hybridized carbons (Fsp3) is 0.900. The number of rotatable bonds is 4. The van der Waals surface area contributed by atoms with Crippen molar-refractivity contribution in [2.75, 3.05) is 6.54 Å². The monoisotopic (exact) mass is 171 g/mol. The zero-order valence-corrected chi connectivity index (χ0v) is 8.92. The van der Waals surface area contributed by atoms with Gasteiger partial charge in [-0.05, 0) is 20.3 Å². The maximum Gasteiger partial charge on any atom is 0.225 e. The fourth-order valence-electron chi connectivity index (χ4n) is 1.20. The molecular weight excluding hydrogens is 150 g/mol. The average Bonchev–Trinajstić information content (AvgIpc) is 1.98. The summed E-state index contributed by atoms with van der Waals surface area (Å²) in [5.41, 5.74) is 0. The summed E-state index contributed by atoms with van der Waals surface area (Å²) in [4.78, 5) is 13.5. The van der Waals surface area contributed by atoms with Gasteiger partial charge in [-0.25, -0.2) is 0 Å². The second kappa shape index (κ2) is 5.18. The molecule has 0 heterocycles. The van der Waals surface area contributed by atoms with E-state index in [2.05, 4.69) is 20.8 Å². The standard InChI is InChI=1S/C10H21NO/c1-6-7-11(9(4)5)10(12)8(2)3/h8-9H,6-7H2,1-5H3. The molecule has 0 atom stereocenters. The average molecular weight is 171 g/mol. The van der Waals surface area contributed by atoms with Gasteiger partial charge in [0, 0.05) is 18.5 Å². The molecule has 0 rings (SSSR count). The van der Waals surface area contributed by atoms with Crippen LogP contribution in [-0.2, 0) is 4.79 Å². The van der Waals surface area contributed by atoms with Gasteiger partial charge in [0.2, 0.25) is 5.91 Å². The first-order valence-corrected chi connectivity index (χ1v) is 4.81. The molecule has 0 aliphatic heterocycles. The molecule has 2 nitrogen and oxygen atoms in total. The van der Waals surface area contributed by atoms with Gasteiger partial charge in [-0.2, -0.15) is 0 Å². The first-order chi connectivity index (χ1) is 5.50. The molecule has 0 fully saturated rings. The summed E-state index contributed by atoms with van der Waals surface area (Å²) in [6.45, 7) is 11.0. The Hall–Kier alpha value is -0.530. The van der Waals surface area contributed by atoms with Crippen molar-refractivity contribution in [3.8, 4) is 0 Å². The summed E-state index contributed by atoms with van der Waals surface area (Å²) >= 11 is 0. The predicted molar refractivity (Wildman–Crippen MR) is 52.0 cm³/mol. The number of nitrogens with zero attached hydrogens (tertiary/aromatic N) is 1. The van der Waals surface area contributed by atoms with E-state index < -0.39 is 0 Å². The highest BCUT2D eigenvalue weighted by atomic mass is 16.2. The van der Waals surface area contributed by atoms with Crippen LogP contribution in [0.5, 0.6) is 0 Å². The van der Waals surface area contributed by atoms with E-state index in [-0.39, 0.29) is 11.8 Å². The number of hydrogen-bond acceptors (Lipinski definition) is 1. The van der Waals surface area contributed by atoms with Crippen LogP contribution < -0.4 is 0 Å². The number of hydrogen-bond donors (Lipinski definition) is 0. The van der Waals surface area contributed by atoms with E-state index in [1.165, 1.54) is 0 Å². The number of carbonyl (C=O) groups excluding carboxylic acids is 1. The smallest absolute Gasteiger partial charge is 0.225 e.